The van der Waals surface area contributed by atoms with Crippen LogP contribution in [0.1, 0.15) is 11.1 Å². The second-order valence-corrected chi connectivity index (χ2v) is 9.07. The van der Waals surface area contributed by atoms with E-state index in [2.05, 4.69) is 16.8 Å². The summed E-state index contributed by atoms with van der Waals surface area (Å²) < 4.78 is 41.3. The predicted molar refractivity (Wildman–Crippen MR) is 137 cm³/mol. The lowest BCUT2D eigenvalue weighted by Crippen LogP contribution is -2.05. The van der Waals surface area contributed by atoms with Crippen LogP contribution in [0.5, 0.6) is 0 Å². The lowest BCUT2D eigenvalue weighted by Gasteiger charge is -2.12. The predicted octanol–water partition coefficient (Wildman–Crippen LogP) is 7.66. The fourth-order valence-electron chi connectivity index (χ4n) is 3.99. The Morgan fingerprint density at radius 1 is 0.889 bits per heavy atom. The molecule has 0 radical (unpaired) electrons. The van der Waals surface area contributed by atoms with Gasteiger partial charge in [0, 0.05) is 28.8 Å². The molecule has 36 heavy (non-hydrogen) atoms. The molecule has 0 amide bonds. The van der Waals surface area contributed by atoms with Crippen molar-refractivity contribution in [3.8, 4) is 22.6 Å². The average molecular weight is 503 g/mol. The Kier molecular flexibility index (Phi) is 6.61. The summed E-state index contributed by atoms with van der Waals surface area (Å²) in [4.78, 5) is 4.84. The van der Waals surface area contributed by atoms with Gasteiger partial charge in [0.25, 0.3) is 0 Å². The number of nitrogens with zero attached hydrogens (tertiary/aromatic N) is 4. The van der Waals surface area contributed by atoms with E-state index in [-0.39, 0.29) is 0 Å². The van der Waals surface area contributed by atoms with Crippen molar-refractivity contribution in [1.29, 1.82) is 0 Å². The summed E-state index contributed by atoms with van der Waals surface area (Å²) >= 11 is 1.34. The zero-order valence-corrected chi connectivity index (χ0v) is 19.9. The monoisotopic (exact) mass is 502 g/mol. The fourth-order valence-corrected chi connectivity index (χ4v) is 4.88. The van der Waals surface area contributed by atoms with Crippen molar-refractivity contribution in [2.45, 2.75) is 23.6 Å². The van der Waals surface area contributed by atoms with Gasteiger partial charge in [-0.3, -0.25) is 4.57 Å². The molecule has 180 valence electrons. The van der Waals surface area contributed by atoms with Crippen LogP contribution in [-0.2, 0) is 18.5 Å². The summed E-state index contributed by atoms with van der Waals surface area (Å²) in [6.45, 7) is 4.32. The van der Waals surface area contributed by atoms with Crippen molar-refractivity contribution in [3.63, 3.8) is 0 Å². The Hall–Kier alpha value is -3.91. The van der Waals surface area contributed by atoms with Crippen LogP contribution in [0.2, 0.25) is 0 Å². The first-order chi connectivity index (χ1) is 17.4. The van der Waals surface area contributed by atoms with Crippen LogP contribution in [0, 0.1) is 0 Å². The molecule has 0 aliphatic rings. The maximum absolute atomic E-state index is 13.1. The minimum Gasteiger partial charge on any atom is -0.298 e. The quantitative estimate of drug-likeness (QED) is 0.169. The zero-order chi connectivity index (χ0) is 25.1. The molecule has 3 aromatic carbocycles. The van der Waals surface area contributed by atoms with Gasteiger partial charge in [-0.25, -0.2) is 4.98 Å². The van der Waals surface area contributed by atoms with Gasteiger partial charge in [-0.15, -0.1) is 16.8 Å². The molecule has 0 unspecified atom stereocenters. The standard InChI is InChI=1S/C28H21F3N4S/c1-2-15-35-26(33-34-27(35)36-18-19-9-8-12-21(16-19)28(29,30)31)23-17-25(20-10-4-3-5-11-20)32-24-14-7-6-13-22(23)24/h2-14,16-17H,1,15,18H2. The molecule has 5 rings (SSSR count). The van der Waals surface area contributed by atoms with Gasteiger partial charge < -0.3 is 0 Å². The Balaban J connectivity index is 1.55. The summed E-state index contributed by atoms with van der Waals surface area (Å²) in [5.74, 6) is 0.975. The van der Waals surface area contributed by atoms with Gasteiger partial charge in [-0.05, 0) is 23.8 Å². The van der Waals surface area contributed by atoms with E-state index in [1.54, 1.807) is 12.1 Å². The van der Waals surface area contributed by atoms with Crippen LogP contribution in [0.25, 0.3) is 33.5 Å². The van der Waals surface area contributed by atoms with E-state index < -0.39 is 11.7 Å². The van der Waals surface area contributed by atoms with Crippen LogP contribution in [0.15, 0.2) is 103 Å². The van der Waals surface area contributed by atoms with Gasteiger partial charge in [0.15, 0.2) is 11.0 Å². The number of thioether (sulfide) groups is 1. The van der Waals surface area contributed by atoms with Gasteiger partial charge in [0.2, 0.25) is 0 Å². The number of pyridine rings is 1. The second-order valence-electron chi connectivity index (χ2n) is 8.13. The van der Waals surface area contributed by atoms with Crippen molar-refractivity contribution in [2.24, 2.45) is 0 Å². The van der Waals surface area contributed by atoms with Crippen molar-refractivity contribution >= 4 is 22.7 Å². The van der Waals surface area contributed by atoms with Crippen molar-refractivity contribution < 1.29 is 13.2 Å². The first kappa shape index (κ1) is 23.8. The van der Waals surface area contributed by atoms with Crippen LogP contribution < -0.4 is 0 Å². The summed E-state index contributed by atoms with van der Waals surface area (Å²) in [6.07, 6.45) is -2.63. The van der Waals surface area contributed by atoms with Crippen LogP contribution in [-0.4, -0.2) is 19.7 Å². The van der Waals surface area contributed by atoms with Crippen molar-refractivity contribution in [1.82, 2.24) is 19.7 Å². The molecule has 0 spiro atoms. The van der Waals surface area contributed by atoms with Gasteiger partial charge in [0.1, 0.15) is 0 Å². The molecular weight excluding hydrogens is 481 g/mol. The number of benzene rings is 3. The molecule has 2 heterocycles. The number of aromatic nitrogens is 4. The largest absolute Gasteiger partial charge is 0.416 e. The van der Waals surface area contributed by atoms with Crippen LogP contribution in [0.3, 0.4) is 0 Å². The van der Waals surface area contributed by atoms with Gasteiger partial charge in [-0.2, -0.15) is 13.2 Å². The summed E-state index contributed by atoms with van der Waals surface area (Å²) in [5.41, 5.74) is 3.41. The highest BCUT2D eigenvalue weighted by Gasteiger charge is 2.30. The van der Waals surface area contributed by atoms with E-state index in [4.69, 9.17) is 4.98 Å². The molecule has 5 aromatic rings. The molecule has 0 atom stereocenters. The Morgan fingerprint density at radius 3 is 2.44 bits per heavy atom. The number of halogens is 3. The molecule has 0 aliphatic carbocycles. The summed E-state index contributed by atoms with van der Waals surface area (Å²) in [5, 5.41) is 10.4. The molecule has 0 bridgehead atoms. The van der Waals surface area contributed by atoms with Crippen molar-refractivity contribution in [2.75, 3.05) is 0 Å². The maximum atomic E-state index is 13.1. The topological polar surface area (TPSA) is 43.6 Å². The second kappa shape index (κ2) is 9.99. The van der Waals surface area contributed by atoms with E-state index in [1.807, 2.05) is 65.2 Å². The summed E-state index contributed by atoms with van der Waals surface area (Å²) in [6, 6.07) is 25.1. The molecule has 0 fully saturated rings. The third-order valence-electron chi connectivity index (χ3n) is 5.68. The van der Waals surface area contributed by atoms with Crippen molar-refractivity contribution in [3.05, 3.63) is 109 Å². The third-order valence-corrected chi connectivity index (χ3v) is 6.72. The highest BCUT2D eigenvalue weighted by molar-refractivity contribution is 7.98. The molecule has 0 saturated carbocycles. The number of allylic oxidation sites excluding steroid dienone is 1. The number of alkyl halides is 3. The lowest BCUT2D eigenvalue weighted by atomic mass is 10.0. The number of fused-ring (bicyclic) bond motifs is 1. The number of hydrogen-bond donors (Lipinski definition) is 0. The number of rotatable bonds is 7. The fraction of sp³-hybridized carbons (Fsp3) is 0.107. The van der Waals surface area contributed by atoms with Gasteiger partial charge >= 0.3 is 6.18 Å². The summed E-state index contributed by atoms with van der Waals surface area (Å²) in [7, 11) is 0. The van der Waals surface area contributed by atoms with E-state index in [9.17, 15) is 13.2 Å². The maximum Gasteiger partial charge on any atom is 0.416 e. The molecule has 8 heteroatoms. The molecule has 2 aromatic heterocycles. The van der Waals surface area contributed by atoms with E-state index in [0.717, 1.165) is 33.8 Å². The number of para-hydroxylation sites is 1. The Bertz CT molecular complexity index is 1530. The highest BCUT2D eigenvalue weighted by atomic mass is 32.2. The molecular formula is C28H21F3N4S. The van der Waals surface area contributed by atoms with E-state index in [1.165, 1.54) is 23.9 Å². The van der Waals surface area contributed by atoms with E-state index in [0.29, 0.717) is 28.8 Å². The smallest absolute Gasteiger partial charge is 0.298 e. The Morgan fingerprint density at radius 2 is 1.67 bits per heavy atom. The molecule has 4 nitrogen and oxygen atoms in total. The van der Waals surface area contributed by atoms with Gasteiger partial charge in [-0.1, -0.05) is 84.6 Å². The highest BCUT2D eigenvalue weighted by Crippen LogP contribution is 2.34. The zero-order valence-electron chi connectivity index (χ0n) is 19.1. The first-order valence-corrected chi connectivity index (χ1v) is 12.2. The Labute approximate surface area is 210 Å². The minimum atomic E-state index is -4.38. The lowest BCUT2D eigenvalue weighted by molar-refractivity contribution is -0.137. The van der Waals surface area contributed by atoms with Crippen LogP contribution >= 0.6 is 11.8 Å². The third kappa shape index (κ3) is 4.90. The van der Waals surface area contributed by atoms with Crippen LogP contribution in [0.4, 0.5) is 13.2 Å². The normalized spacial score (nSPS) is 11.6. The van der Waals surface area contributed by atoms with E-state index >= 15 is 0 Å². The van der Waals surface area contributed by atoms with Gasteiger partial charge in [0.05, 0.1) is 16.8 Å². The molecule has 0 aliphatic heterocycles. The average Bonchev–Trinajstić information content (AvgIpc) is 3.29. The minimum absolute atomic E-state index is 0.325. The first-order valence-electron chi connectivity index (χ1n) is 11.2. The SMILES string of the molecule is C=CCn1c(SCc2cccc(C(F)(F)F)c2)nnc1-c1cc(-c2ccccc2)nc2ccccc12. The molecule has 0 saturated heterocycles. The number of hydrogen-bond acceptors (Lipinski definition) is 4. The molecule has 0 N–H and O–H groups in total.